The summed E-state index contributed by atoms with van der Waals surface area (Å²) in [6.07, 6.45) is 13.0. The molecule has 0 aromatic carbocycles. The Morgan fingerprint density at radius 1 is 0.784 bits per heavy atom. The highest BCUT2D eigenvalue weighted by Gasteiger charge is 2.66. The first-order valence-electron chi connectivity index (χ1n) is 15.3. The third-order valence-electron chi connectivity index (χ3n) is 12.5. The molecule has 0 heterocycles. The van der Waals surface area contributed by atoms with Crippen molar-refractivity contribution in [3.63, 3.8) is 0 Å². The Hall–Kier alpha value is -1.26. The molecular weight excluding hydrogens is 462 g/mol. The summed E-state index contributed by atoms with van der Waals surface area (Å²) in [5.74, 6) is 3.22. The molecule has 5 nitrogen and oxygen atoms in total. The Labute approximate surface area is 225 Å². The van der Waals surface area contributed by atoms with Crippen LogP contribution in [0.25, 0.3) is 0 Å². The lowest BCUT2D eigenvalue weighted by Crippen LogP contribution is -2.65. The monoisotopic (exact) mass is 515 g/mol. The SMILES string of the molecule is CC(=O)OC1CCC2(C)C(CCC3(C)C4CCC5(NC(=O)OC(C)(C)C)CCCC5C4CCC32)C1(C)C. The predicted octanol–water partition coefficient (Wildman–Crippen LogP) is 7.66. The van der Waals surface area contributed by atoms with E-state index in [1.807, 2.05) is 20.8 Å². The van der Waals surface area contributed by atoms with Crippen molar-refractivity contribution in [3.8, 4) is 0 Å². The lowest BCUT2D eigenvalue weighted by atomic mass is 9.36. The van der Waals surface area contributed by atoms with Gasteiger partial charge in [-0.2, -0.15) is 0 Å². The zero-order chi connectivity index (χ0) is 27.0. The van der Waals surface area contributed by atoms with E-state index in [-0.39, 0.29) is 29.1 Å². The van der Waals surface area contributed by atoms with Gasteiger partial charge in [0, 0.05) is 17.9 Å². The van der Waals surface area contributed by atoms with Crippen molar-refractivity contribution in [2.75, 3.05) is 0 Å². The number of alkyl carbamates (subject to hydrolysis) is 1. The van der Waals surface area contributed by atoms with Crippen LogP contribution < -0.4 is 5.32 Å². The minimum absolute atomic E-state index is 0.0152. The Kier molecular flexibility index (Phi) is 6.55. The molecular formula is C32H53NO4. The van der Waals surface area contributed by atoms with Crippen LogP contribution in [0.3, 0.4) is 0 Å². The van der Waals surface area contributed by atoms with Gasteiger partial charge in [-0.25, -0.2) is 4.79 Å². The highest BCUT2D eigenvalue weighted by atomic mass is 16.6. The fourth-order valence-electron chi connectivity index (χ4n) is 11.3. The molecule has 0 radical (unpaired) electrons. The topological polar surface area (TPSA) is 64.6 Å². The summed E-state index contributed by atoms with van der Waals surface area (Å²) in [6.45, 7) is 17.4. The van der Waals surface area contributed by atoms with Gasteiger partial charge in [0.05, 0.1) is 0 Å². The number of carbonyl (C=O) groups excluding carboxylic acids is 2. The van der Waals surface area contributed by atoms with Gasteiger partial charge >= 0.3 is 12.1 Å². The molecule has 0 spiro atoms. The molecule has 5 rings (SSSR count). The molecule has 9 unspecified atom stereocenters. The molecule has 210 valence electrons. The fourth-order valence-corrected chi connectivity index (χ4v) is 11.3. The second-order valence-corrected chi connectivity index (χ2v) is 15.8. The second-order valence-electron chi connectivity index (χ2n) is 15.8. The third kappa shape index (κ3) is 4.33. The quantitative estimate of drug-likeness (QED) is 0.383. The molecule has 1 N–H and O–H groups in total. The van der Waals surface area contributed by atoms with Crippen molar-refractivity contribution < 1.29 is 19.1 Å². The number of ether oxygens (including phenoxy) is 2. The van der Waals surface area contributed by atoms with Crippen LogP contribution in [0.1, 0.15) is 126 Å². The molecule has 9 atom stereocenters. The summed E-state index contributed by atoms with van der Waals surface area (Å²) in [7, 11) is 0. The molecule has 5 heteroatoms. The number of amides is 1. The Bertz CT molecular complexity index is 922. The first-order valence-corrected chi connectivity index (χ1v) is 15.3. The number of fused-ring (bicyclic) bond motifs is 7. The molecule has 0 aliphatic heterocycles. The largest absolute Gasteiger partial charge is 0.462 e. The molecule has 5 saturated carbocycles. The Balaban J connectivity index is 1.37. The standard InChI is InChI=1S/C32H53NO4/c1-20(34)36-26-15-18-31(8)24(29(26,5)6)14-17-30(7)22-13-19-32(33-27(35)37-28(2,3)4)16-9-10-23(32)21(22)11-12-25(30)31/h21-26H,9-19H2,1-8H3,(H,33,35). The van der Waals surface area contributed by atoms with Crippen molar-refractivity contribution in [2.45, 2.75) is 143 Å². The van der Waals surface area contributed by atoms with Crippen molar-refractivity contribution in [1.29, 1.82) is 0 Å². The van der Waals surface area contributed by atoms with Gasteiger partial charge < -0.3 is 14.8 Å². The minimum Gasteiger partial charge on any atom is -0.462 e. The summed E-state index contributed by atoms with van der Waals surface area (Å²) in [5.41, 5.74) is 0.142. The van der Waals surface area contributed by atoms with E-state index in [0.717, 1.165) is 31.1 Å². The molecule has 0 aromatic heterocycles. The van der Waals surface area contributed by atoms with Crippen LogP contribution in [0, 0.1) is 45.8 Å². The first-order chi connectivity index (χ1) is 17.1. The predicted molar refractivity (Wildman–Crippen MR) is 146 cm³/mol. The summed E-state index contributed by atoms with van der Waals surface area (Å²) < 4.78 is 11.6. The van der Waals surface area contributed by atoms with E-state index in [9.17, 15) is 9.59 Å². The summed E-state index contributed by atoms with van der Waals surface area (Å²) in [6, 6.07) is 0. The summed E-state index contributed by atoms with van der Waals surface area (Å²) in [4.78, 5) is 24.8. The molecule has 0 bridgehead atoms. The van der Waals surface area contributed by atoms with E-state index in [0.29, 0.717) is 28.6 Å². The Morgan fingerprint density at radius 2 is 1.49 bits per heavy atom. The third-order valence-corrected chi connectivity index (χ3v) is 12.5. The first kappa shape index (κ1) is 27.3. The van der Waals surface area contributed by atoms with Gasteiger partial charge in [0.2, 0.25) is 0 Å². The minimum atomic E-state index is -0.464. The van der Waals surface area contributed by atoms with Crippen LogP contribution in [0.15, 0.2) is 0 Å². The Morgan fingerprint density at radius 3 is 2.16 bits per heavy atom. The van der Waals surface area contributed by atoms with Gasteiger partial charge in [-0.3, -0.25) is 4.79 Å². The normalized spacial score (nSPS) is 46.5. The average Bonchev–Trinajstić information content (AvgIpc) is 3.17. The van der Waals surface area contributed by atoms with Crippen LogP contribution in [-0.4, -0.2) is 29.3 Å². The van der Waals surface area contributed by atoms with Crippen LogP contribution in [0.4, 0.5) is 4.79 Å². The van der Waals surface area contributed by atoms with Gasteiger partial charge in [0.1, 0.15) is 11.7 Å². The average molecular weight is 516 g/mol. The number of hydrogen-bond acceptors (Lipinski definition) is 4. The zero-order valence-electron chi connectivity index (χ0n) is 24.9. The number of carbonyl (C=O) groups is 2. The molecule has 37 heavy (non-hydrogen) atoms. The smallest absolute Gasteiger partial charge is 0.408 e. The summed E-state index contributed by atoms with van der Waals surface area (Å²) >= 11 is 0. The maximum atomic E-state index is 12.9. The van der Waals surface area contributed by atoms with Crippen molar-refractivity contribution >= 4 is 12.1 Å². The van der Waals surface area contributed by atoms with Gasteiger partial charge in [0.25, 0.3) is 0 Å². The lowest BCUT2D eigenvalue weighted by Gasteiger charge is -2.69. The number of hydrogen-bond donors (Lipinski definition) is 1. The highest BCUT2D eigenvalue weighted by Crippen LogP contribution is 2.72. The van der Waals surface area contributed by atoms with E-state index < -0.39 is 5.60 Å². The van der Waals surface area contributed by atoms with Crippen molar-refractivity contribution in [3.05, 3.63) is 0 Å². The second kappa shape index (κ2) is 8.88. The molecule has 0 aromatic rings. The van der Waals surface area contributed by atoms with E-state index in [1.54, 1.807) is 6.92 Å². The van der Waals surface area contributed by atoms with E-state index in [4.69, 9.17) is 9.47 Å². The number of rotatable bonds is 2. The van der Waals surface area contributed by atoms with Crippen LogP contribution >= 0.6 is 0 Å². The molecule has 5 fully saturated rings. The molecule has 5 aliphatic carbocycles. The van der Waals surface area contributed by atoms with Gasteiger partial charge in [-0.15, -0.1) is 0 Å². The molecule has 1 amide bonds. The molecule has 0 saturated heterocycles. The van der Waals surface area contributed by atoms with Gasteiger partial charge in [0.15, 0.2) is 0 Å². The lowest BCUT2D eigenvalue weighted by molar-refractivity contribution is -0.218. The van der Waals surface area contributed by atoms with Crippen molar-refractivity contribution in [1.82, 2.24) is 5.32 Å². The maximum absolute atomic E-state index is 12.9. The van der Waals surface area contributed by atoms with Crippen LogP contribution in [0.5, 0.6) is 0 Å². The number of esters is 1. The highest BCUT2D eigenvalue weighted by molar-refractivity contribution is 5.69. The van der Waals surface area contributed by atoms with E-state index in [2.05, 4.69) is 33.0 Å². The van der Waals surface area contributed by atoms with Crippen LogP contribution in [0.2, 0.25) is 0 Å². The zero-order valence-corrected chi connectivity index (χ0v) is 24.9. The summed E-state index contributed by atoms with van der Waals surface area (Å²) in [5, 5.41) is 3.45. The fraction of sp³-hybridized carbons (Fsp3) is 0.938. The number of nitrogens with one attached hydrogen (secondary N) is 1. The van der Waals surface area contributed by atoms with Crippen molar-refractivity contribution in [2.24, 2.45) is 45.8 Å². The maximum Gasteiger partial charge on any atom is 0.408 e. The van der Waals surface area contributed by atoms with E-state index >= 15 is 0 Å². The van der Waals surface area contributed by atoms with Gasteiger partial charge in [-0.1, -0.05) is 34.1 Å². The van der Waals surface area contributed by atoms with Gasteiger partial charge in [-0.05, 0) is 125 Å². The molecule has 5 aliphatic rings. The van der Waals surface area contributed by atoms with E-state index in [1.165, 1.54) is 51.4 Å². The van der Waals surface area contributed by atoms with Crippen LogP contribution in [-0.2, 0) is 14.3 Å².